The van der Waals surface area contributed by atoms with Gasteiger partial charge in [-0.05, 0) is 24.3 Å². The van der Waals surface area contributed by atoms with E-state index in [-0.39, 0.29) is 0 Å². The number of aromatic nitrogens is 2. The molecule has 8 heteroatoms. The first kappa shape index (κ1) is 12.3. The summed E-state index contributed by atoms with van der Waals surface area (Å²) in [6.07, 6.45) is 2.66. The number of benzene rings is 1. The molecule has 2 N–H and O–H groups in total. The summed E-state index contributed by atoms with van der Waals surface area (Å²) in [4.78, 5) is 23.5. The number of nitrogens with zero attached hydrogens (tertiary/aromatic N) is 2. The van der Waals surface area contributed by atoms with Crippen molar-refractivity contribution in [2.45, 2.75) is 0 Å². The zero-order chi connectivity index (χ0) is 13.9. The highest BCUT2D eigenvalue weighted by molar-refractivity contribution is 7.00. The molecule has 3 rings (SSSR count). The van der Waals surface area contributed by atoms with Crippen LogP contribution in [0.15, 0.2) is 41.2 Å². The Morgan fingerprint density at radius 1 is 1.00 bits per heavy atom. The zero-order valence-corrected chi connectivity index (χ0v) is 10.8. The molecule has 7 nitrogen and oxygen atoms in total. The Morgan fingerprint density at radius 3 is 2.50 bits per heavy atom. The predicted molar refractivity (Wildman–Crippen MR) is 71.1 cm³/mol. The smallest absolute Gasteiger partial charge is 0.272 e. The first-order valence-corrected chi connectivity index (χ1v) is 6.32. The van der Waals surface area contributed by atoms with Crippen LogP contribution in [0.2, 0.25) is 0 Å². The van der Waals surface area contributed by atoms with Crippen LogP contribution in [0.3, 0.4) is 0 Å². The van der Waals surface area contributed by atoms with E-state index in [1.807, 2.05) is 0 Å². The number of carbonyl (C=O) groups excluding carboxylic acids is 2. The van der Waals surface area contributed by atoms with E-state index in [1.165, 1.54) is 18.6 Å². The number of furan rings is 1. The van der Waals surface area contributed by atoms with Gasteiger partial charge in [0, 0.05) is 5.56 Å². The number of hydrazine groups is 1. The van der Waals surface area contributed by atoms with Gasteiger partial charge in [0.1, 0.15) is 17.3 Å². The van der Waals surface area contributed by atoms with E-state index >= 15 is 0 Å². The van der Waals surface area contributed by atoms with Crippen LogP contribution in [-0.4, -0.2) is 20.6 Å². The van der Waals surface area contributed by atoms with Gasteiger partial charge in [-0.2, -0.15) is 8.75 Å². The lowest BCUT2D eigenvalue weighted by Gasteiger charge is -2.05. The number of rotatable bonds is 2. The summed E-state index contributed by atoms with van der Waals surface area (Å²) in [6, 6.07) is 6.42. The lowest BCUT2D eigenvalue weighted by atomic mass is 10.2. The van der Waals surface area contributed by atoms with E-state index in [4.69, 9.17) is 4.42 Å². The molecule has 0 spiro atoms. The van der Waals surface area contributed by atoms with Crippen LogP contribution >= 0.6 is 11.7 Å². The van der Waals surface area contributed by atoms with E-state index in [2.05, 4.69) is 19.6 Å². The van der Waals surface area contributed by atoms with Crippen LogP contribution in [0.5, 0.6) is 0 Å². The summed E-state index contributed by atoms with van der Waals surface area (Å²) < 4.78 is 12.9. The summed E-state index contributed by atoms with van der Waals surface area (Å²) >= 11 is 1.08. The van der Waals surface area contributed by atoms with Crippen molar-refractivity contribution in [1.29, 1.82) is 0 Å². The van der Waals surface area contributed by atoms with E-state index in [0.29, 0.717) is 16.6 Å². The molecule has 0 bridgehead atoms. The number of amides is 2. The van der Waals surface area contributed by atoms with Crippen LogP contribution < -0.4 is 10.9 Å². The largest absolute Gasteiger partial charge is 0.472 e. The number of nitrogens with one attached hydrogen (secondary N) is 2. The second-order valence-corrected chi connectivity index (χ2v) is 4.42. The summed E-state index contributed by atoms with van der Waals surface area (Å²) in [5, 5.41) is 0. The lowest BCUT2D eigenvalue weighted by molar-refractivity contribution is 0.0846. The van der Waals surface area contributed by atoms with Crippen molar-refractivity contribution in [3.8, 4) is 0 Å². The Labute approximate surface area is 116 Å². The van der Waals surface area contributed by atoms with Crippen molar-refractivity contribution < 1.29 is 14.0 Å². The maximum absolute atomic E-state index is 11.9. The van der Waals surface area contributed by atoms with Crippen LogP contribution in [0.25, 0.3) is 11.0 Å². The average Bonchev–Trinajstić information content (AvgIpc) is 3.13. The molecule has 0 radical (unpaired) electrons. The molecule has 3 aromatic rings. The molecule has 0 aliphatic rings. The second kappa shape index (κ2) is 5.10. The van der Waals surface area contributed by atoms with Crippen LogP contribution in [-0.2, 0) is 0 Å². The average molecular weight is 288 g/mol. The maximum Gasteiger partial charge on any atom is 0.272 e. The third-order valence-corrected chi connectivity index (χ3v) is 3.15. The molecular formula is C12H8N4O3S. The van der Waals surface area contributed by atoms with Gasteiger partial charge in [-0.3, -0.25) is 20.4 Å². The number of hydrogen-bond donors (Lipinski definition) is 2. The van der Waals surface area contributed by atoms with Gasteiger partial charge < -0.3 is 4.42 Å². The van der Waals surface area contributed by atoms with Gasteiger partial charge in [-0.1, -0.05) is 0 Å². The van der Waals surface area contributed by atoms with Gasteiger partial charge in [-0.15, -0.1) is 0 Å². The minimum absolute atomic E-state index is 0.324. The maximum atomic E-state index is 11.9. The third-order valence-electron chi connectivity index (χ3n) is 2.59. The van der Waals surface area contributed by atoms with Crippen molar-refractivity contribution in [3.05, 3.63) is 47.9 Å². The van der Waals surface area contributed by atoms with E-state index < -0.39 is 11.8 Å². The van der Waals surface area contributed by atoms with Gasteiger partial charge in [0.05, 0.1) is 23.6 Å². The Hall–Kier alpha value is -2.74. The lowest BCUT2D eigenvalue weighted by Crippen LogP contribution is -2.41. The minimum atomic E-state index is -0.455. The highest BCUT2D eigenvalue weighted by atomic mass is 32.1. The van der Waals surface area contributed by atoms with Gasteiger partial charge in [0.15, 0.2) is 0 Å². The standard InChI is InChI=1S/C12H8N4O3S/c17-11(13-14-12(18)8-3-4-19-6-8)7-1-2-9-10(5-7)16-20-15-9/h1-6H,(H,13,17)(H,14,18). The quantitative estimate of drug-likeness (QED) is 0.694. The fraction of sp³-hybridized carbons (Fsp3) is 0. The van der Waals surface area contributed by atoms with Gasteiger partial charge >= 0.3 is 0 Å². The summed E-state index contributed by atoms with van der Waals surface area (Å²) in [6.45, 7) is 0. The number of fused-ring (bicyclic) bond motifs is 1. The molecule has 0 aliphatic carbocycles. The van der Waals surface area contributed by atoms with Crippen molar-refractivity contribution in [2.75, 3.05) is 0 Å². The SMILES string of the molecule is O=C(NNC(=O)c1ccc2nsnc2c1)c1ccoc1. The van der Waals surface area contributed by atoms with Crippen LogP contribution in [0, 0.1) is 0 Å². The first-order chi connectivity index (χ1) is 9.74. The third kappa shape index (κ3) is 2.36. The fourth-order valence-corrected chi connectivity index (χ4v) is 2.09. The number of carbonyl (C=O) groups is 2. The molecule has 0 atom stereocenters. The molecule has 0 saturated heterocycles. The van der Waals surface area contributed by atoms with E-state index in [0.717, 1.165) is 17.2 Å². The van der Waals surface area contributed by atoms with Crippen LogP contribution in [0.4, 0.5) is 0 Å². The van der Waals surface area contributed by atoms with Crippen molar-refractivity contribution in [1.82, 2.24) is 19.6 Å². The molecule has 0 unspecified atom stereocenters. The molecule has 2 amide bonds. The topological polar surface area (TPSA) is 97.1 Å². The minimum Gasteiger partial charge on any atom is -0.472 e. The fourth-order valence-electron chi connectivity index (χ4n) is 1.57. The second-order valence-electron chi connectivity index (χ2n) is 3.89. The molecule has 2 aromatic heterocycles. The molecule has 0 fully saturated rings. The monoisotopic (exact) mass is 288 g/mol. The first-order valence-electron chi connectivity index (χ1n) is 5.59. The molecular weight excluding hydrogens is 280 g/mol. The van der Waals surface area contributed by atoms with Gasteiger partial charge in [0.2, 0.25) is 0 Å². The Morgan fingerprint density at radius 2 is 1.75 bits per heavy atom. The highest BCUT2D eigenvalue weighted by Gasteiger charge is 2.11. The summed E-state index contributed by atoms with van der Waals surface area (Å²) in [5.41, 5.74) is 6.70. The molecule has 1 aromatic carbocycles. The zero-order valence-electron chi connectivity index (χ0n) is 9.99. The van der Waals surface area contributed by atoms with Gasteiger partial charge in [0.25, 0.3) is 11.8 Å². The van der Waals surface area contributed by atoms with E-state index in [9.17, 15) is 9.59 Å². The van der Waals surface area contributed by atoms with Crippen molar-refractivity contribution in [3.63, 3.8) is 0 Å². The molecule has 20 heavy (non-hydrogen) atoms. The molecule has 100 valence electrons. The predicted octanol–water partition coefficient (Wildman–Crippen LogP) is 1.36. The summed E-state index contributed by atoms with van der Waals surface area (Å²) in [5.74, 6) is -0.889. The van der Waals surface area contributed by atoms with E-state index in [1.54, 1.807) is 18.2 Å². The normalized spacial score (nSPS) is 10.4. The summed E-state index contributed by atoms with van der Waals surface area (Å²) in [7, 11) is 0. The number of hydrogen-bond acceptors (Lipinski definition) is 6. The highest BCUT2D eigenvalue weighted by Crippen LogP contribution is 2.13. The van der Waals surface area contributed by atoms with Crippen molar-refractivity contribution in [2.24, 2.45) is 0 Å². The Balaban J connectivity index is 1.68. The Kier molecular flexibility index (Phi) is 3.13. The molecule has 0 saturated carbocycles. The van der Waals surface area contributed by atoms with Crippen molar-refractivity contribution >= 4 is 34.6 Å². The van der Waals surface area contributed by atoms with Crippen LogP contribution in [0.1, 0.15) is 20.7 Å². The molecule has 2 heterocycles. The Bertz CT molecular complexity index is 766. The van der Waals surface area contributed by atoms with Gasteiger partial charge in [-0.25, -0.2) is 0 Å². The molecule has 0 aliphatic heterocycles.